The van der Waals surface area contributed by atoms with Crippen LogP contribution in [0.1, 0.15) is 13.3 Å². The minimum atomic E-state index is -0.0915. The van der Waals surface area contributed by atoms with Gasteiger partial charge in [-0.2, -0.15) is 0 Å². The van der Waals surface area contributed by atoms with Crippen LogP contribution in [-0.4, -0.2) is 12.3 Å². The Morgan fingerprint density at radius 3 is 2.75 bits per heavy atom. The van der Waals surface area contributed by atoms with Crippen LogP contribution in [0, 0.1) is 5.41 Å². The molecule has 8 heavy (non-hydrogen) atoms. The standard InChI is InChI=1S/C6H12N2/c1-2-3-4-6(8)5-7/h2-3,5-7H,4,8H2,1H3/b3-2+,7-5?. The zero-order valence-corrected chi connectivity index (χ0v) is 5.09. The molecule has 0 fully saturated rings. The Morgan fingerprint density at radius 2 is 2.38 bits per heavy atom. The summed E-state index contributed by atoms with van der Waals surface area (Å²) in [5, 5.41) is 6.70. The van der Waals surface area contributed by atoms with Gasteiger partial charge < -0.3 is 11.1 Å². The second-order valence-corrected chi connectivity index (χ2v) is 1.64. The second kappa shape index (κ2) is 4.53. The molecule has 46 valence electrons. The predicted octanol–water partition coefficient (Wildman–Crippen LogP) is 0.929. The zero-order chi connectivity index (χ0) is 6.41. The summed E-state index contributed by atoms with van der Waals surface area (Å²) in [6, 6.07) is -0.0915. The van der Waals surface area contributed by atoms with E-state index in [0.717, 1.165) is 6.42 Å². The molecule has 0 heterocycles. The molecule has 0 bridgehead atoms. The number of nitrogens with two attached hydrogens (primary N) is 1. The maximum absolute atomic E-state index is 6.70. The van der Waals surface area contributed by atoms with E-state index in [9.17, 15) is 0 Å². The fraction of sp³-hybridized carbons (Fsp3) is 0.500. The average Bonchev–Trinajstić information content (AvgIpc) is 1.83. The maximum atomic E-state index is 6.70. The first-order valence-electron chi connectivity index (χ1n) is 2.68. The van der Waals surface area contributed by atoms with Crippen molar-refractivity contribution in [2.24, 2.45) is 5.73 Å². The number of hydrogen-bond acceptors (Lipinski definition) is 2. The Labute approximate surface area is 49.9 Å². The third-order valence-electron chi connectivity index (χ3n) is 0.858. The van der Waals surface area contributed by atoms with Crippen LogP contribution >= 0.6 is 0 Å². The van der Waals surface area contributed by atoms with Crippen LogP contribution in [0.5, 0.6) is 0 Å². The van der Waals surface area contributed by atoms with Crippen molar-refractivity contribution in [3.63, 3.8) is 0 Å². The number of hydrogen-bond donors (Lipinski definition) is 2. The van der Waals surface area contributed by atoms with E-state index < -0.39 is 0 Å². The van der Waals surface area contributed by atoms with Crippen LogP contribution in [0.4, 0.5) is 0 Å². The van der Waals surface area contributed by atoms with E-state index in [4.69, 9.17) is 11.1 Å². The fourth-order valence-corrected chi connectivity index (χ4v) is 0.361. The van der Waals surface area contributed by atoms with Gasteiger partial charge in [0.05, 0.1) is 0 Å². The van der Waals surface area contributed by atoms with Gasteiger partial charge in [-0.05, 0) is 13.3 Å². The van der Waals surface area contributed by atoms with Crippen LogP contribution in [-0.2, 0) is 0 Å². The minimum Gasteiger partial charge on any atom is -0.323 e. The first kappa shape index (κ1) is 7.37. The van der Waals surface area contributed by atoms with Crippen molar-refractivity contribution in [2.45, 2.75) is 19.4 Å². The Bertz CT molecular complexity index is 86.5. The van der Waals surface area contributed by atoms with Gasteiger partial charge in [0.15, 0.2) is 0 Å². The largest absolute Gasteiger partial charge is 0.323 e. The molecule has 0 aliphatic rings. The molecule has 0 radical (unpaired) electrons. The molecule has 0 spiro atoms. The Kier molecular flexibility index (Phi) is 4.17. The van der Waals surface area contributed by atoms with Gasteiger partial charge in [-0.15, -0.1) is 0 Å². The molecule has 0 saturated heterocycles. The molecule has 1 unspecified atom stereocenters. The van der Waals surface area contributed by atoms with Gasteiger partial charge in [-0.25, -0.2) is 0 Å². The zero-order valence-electron chi connectivity index (χ0n) is 5.09. The van der Waals surface area contributed by atoms with E-state index in [2.05, 4.69) is 0 Å². The lowest BCUT2D eigenvalue weighted by Gasteiger charge is -1.96. The number of rotatable bonds is 3. The highest BCUT2D eigenvalue weighted by atomic mass is 14.6. The van der Waals surface area contributed by atoms with Gasteiger partial charge in [-0.3, -0.25) is 0 Å². The molecule has 0 amide bonds. The van der Waals surface area contributed by atoms with Gasteiger partial charge in [-0.1, -0.05) is 12.2 Å². The van der Waals surface area contributed by atoms with Gasteiger partial charge >= 0.3 is 0 Å². The van der Waals surface area contributed by atoms with Crippen molar-refractivity contribution < 1.29 is 0 Å². The lowest BCUT2D eigenvalue weighted by atomic mass is 10.2. The van der Waals surface area contributed by atoms with Crippen LogP contribution in [0.3, 0.4) is 0 Å². The third kappa shape index (κ3) is 3.56. The Morgan fingerprint density at radius 1 is 1.75 bits per heavy atom. The van der Waals surface area contributed by atoms with E-state index in [-0.39, 0.29) is 6.04 Å². The summed E-state index contributed by atoms with van der Waals surface area (Å²) < 4.78 is 0. The minimum absolute atomic E-state index is 0.0915. The average molecular weight is 112 g/mol. The monoisotopic (exact) mass is 112 g/mol. The van der Waals surface area contributed by atoms with Crippen LogP contribution in [0.25, 0.3) is 0 Å². The molecule has 3 N–H and O–H groups in total. The molecule has 0 aromatic rings. The van der Waals surface area contributed by atoms with Gasteiger partial charge in [0.25, 0.3) is 0 Å². The molecule has 0 rings (SSSR count). The van der Waals surface area contributed by atoms with E-state index in [1.807, 2.05) is 19.1 Å². The van der Waals surface area contributed by atoms with E-state index in [1.165, 1.54) is 6.21 Å². The van der Waals surface area contributed by atoms with Crippen molar-refractivity contribution in [1.82, 2.24) is 0 Å². The number of nitrogens with one attached hydrogen (secondary N) is 1. The Balaban J connectivity index is 3.23. The summed E-state index contributed by atoms with van der Waals surface area (Å²) in [5.74, 6) is 0. The van der Waals surface area contributed by atoms with Crippen molar-refractivity contribution in [3.8, 4) is 0 Å². The smallest absolute Gasteiger partial charge is 0.0427 e. The molecule has 0 aromatic carbocycles. The normalized spacial score (nSPS) is 14.2. The summed E-state index contributed by atoms with van der Waals surface area (Å²) in [4.78, 5) is 0. The van der Waals surface area contributed by atoms with Gasteiger partial charge in [0.1, 0.15) is 0 Å². The molecule has 0 aliphatic heterocycles. The lowest BCUT2D eigenvalue weighted by Crippen LogP contribution is -2.19. The van der Waals surface area contributed by atoms with Crippen LogP contribution in [0.15, 0.2) is 12.2 Å². The quantitative estimate of drug-likeness (QED) is 0.414. The third-order valence-corrected chi connectivity index (χ3v) is 0.858. The van der Waals surface area contributed by atoms with Crippen LogP contribution in [0.2, 0.25) is 0 Å². The van der Waals surface area contributed by atoms with E-state index in [0.29, 0.717) is 0 Å². The summed E-state index contributed by atoms with van der Waals surface area (Å²) in [6.45, 7) is 1.94. The van der Waals surface area contributed by atoms with Crippen molar-refractivity contribution in [2.75, 3.05) is 0 Å². The molecule has 0 saturated carbocycles. The summed E-state index contributed by atoms with van der Waals surface area (Å²) >= 11 is 0. The molecule has 1 atom stereocenters. The second-order valence-electron chi connectivity index (χ2n) is 1.64. The predicted molar refractivity (Wildman–Crippen MR) is 36.2 cm³/mol. The molecule has 0 aromatic heterocycles. The fourth-order valence-electron chi connectivity index (χ4n) is 0.361. The molecule has 2 heteroatoms. The molecule has 0 aliphatic carbocycles. The first-order chi connectivity index (χ1) is 3.81. The van der Waals surface area contributed by atoms with Gasteiger partial charge in [0.2, 0.25) is 0 Å². The van der Waals surface area contributed by atoms with Crippen molar-refractivity contribution in [3.05, 3.63) is 12.2 Å². The SMILES string of the molecule is C/C=C/CC(N)C=N. The summed E-state index contributed by atoms with van der Waals surface area (Å²) in [5.41, 5.74) is 5.36. The van der Waals surface area contributed by atoms with Crippen LogP contribution < -0.4 is 5.73 Å². The van der Waals surface area contributed by atoms with Crippen molar-refractivity contribution in [1.29, 1.82) is 5.41 Å². The maximum Gasteiger partial charge on any atom is 0.0427 e. The van der Waals surface area contributed by atoms with Gasteiger partial charge in [0, 0.05) is 12.3 Å². The number of allylic oxidation sites excluding steroid dienone is 1. The highest BCUT2D eigenvalue weighted by Crippen LogP contribution is 1.84. The molecular formula is C6H12N2. The molecular weight excluding hydrogens is 100 g/mol. The topological polar surface area (TPSA) is 49.9 Å². The first-order valence-corrected chi connectivity index (χ1v) is 2.68. The van der Waals surface area contributed by atoms with Crippen molar-refractivity contribution >= 4 is 6.21 Å². The highest BCUT2D eigenvalue weighted by molar-refractivity contribution is 5.60. The highest BCUT2D eigenvalue weighted by Gasteiger charge is 1.89. The van der Waals surface area contributed by atoms with E-state index >= 15 is 0 Å². The summed E-state index contributed by atoms with van der Waals surface area (Å²) in [7, 11) is 0. The van der Waals surface area contributed by atoms with E-state index in [1.54, 1.807) is 0 Å². The lowest BCUT2D eigenvalue weighted by molar-refractivity contribution is 0.887. The summed E-state index contributed by atoms with van der Waals surface area (Å²) in [6.07, 6.45) is 5.92. The molecule has 2 nitrogen and oxygen atoms in total. The Hall–Kier alpha value is -0.630.